The van der Waals surface area contributed by atoms with Crippen LogP contribution >= 0.6 is 0 Å². The number of rotatable bonds is 12. The molecule has 1 aromatic rings. The molecule has 0 aliphatic heterocycles. The van der Waals surface area contributed by atoms with Crippen molar-refractivity contribution in [3.8, 4) is 5.75 Å². The van der Waals surface area contributed by atoms with Crippen LogP contribution in [0.3, 0.4) is 0 Å². The van der Waals surface area contributed by atoms with Gasteiger partial charge in [-0.15, -0.1) is 0 Å². The number of allylic oxidation sites excluding steroid dienone is 2. The van der Waals surface area contributed by atoms with Crippen LogP contribution in [0.2, 0.25) is 0 Å². The predicted molar refractivity (Wildman–Crippen MR) is 126 cm³/mol. The molecular formula is C25H39NO5. The maximum absolute atomic E-state index is 11.6. The summed E-state index contributed by atoms with van der Waals surface area (Å²) in [5, 5.41) is 2.49. The van der Waals surface area contributed by atoms with Crippen LogP contribution in [0.4, 0.5) is 4.79 Å². The van der Waals surface area contributed by atoms with Gasteiger partial charge in [-0.2, -0.15) is 0 Å². The molecule has 6 heteroatoms. The van der Waals surface area contributed by atoms with Crippen molar-refractivity contribution in [3.63, 3.8) is 0 Å². The molecule has 31 heavy (non-hydrogen) atoms. The monoisotopic (exact) mass is 433 g/mol. The normalized spacial score (nSPS) is 10.7. The minimum atomic E-state index is -0.588. The second kappa shape index (κ2) is 13.5. The highest BCUT2D eigenvalue weighted by Crippen LogP contribution is 2.35. The molecule has 0 aliphatic rings. The first-order chi connectivity index (χ1) is 14.7. The Bertz CT molecular complexity index is 744. The van der Waals surface area contributed by atoms with Crippen LogP contribution in [0.5, 0.6) is 5.75 Å². The smallest absolute Gasteiger partial charge is 0.407 e. The van der Waals surface area contributed by atoms with Gasteiger partial charge < -0.3 is 19.5 Å². The first-order valence-corrected chi connectivity index (χ1v) is 10.8. The number of carbonyl (C=O) groups excluding carboxylic acids is 2. The maximum atomic E-state index is 11.6. The molecule has 0 bridgehead atoms. The molecule has 0 saturated heterocycles. The Morgan fingerprint density at radius 3 is 2.06 bits per heavy atom. The van der Waals surface area contributed by atoms with E-state index in [1.54, 1.807) is 0 Å². The Kier molecular flexibility index (Phi) is 11.5. The van der Waals surface area contributed by atoms with Crippen LogP contribution in [0.15, 0.2) is 42.5 Å². The standard InChI is InChI=1S/C25H37NO5.H2/c1-8-22(27)30-14-13-26-25(28)31-16-15-29-21-11-9-20(10-12-21)24(19(6)7)23(17(2)3)18(4)5;/h8-12,17-19H,1,13-16H2,2-7H3,(H,26,28);1H. The third-order valence-electron chi connectivity index (χ3n) is 4.67. The van der Waals surface area contributed by atoms with Crippen molar-refractivity contribution in [2.45, 2.75) is 41.5 Å². The van der Waals surface area contributed by atoms with Crippen molar-refractivity contribution < 1.29 is 25.2 Å². The Morgan fingerprint density at radius 2 is 1.55 bits per heavy atom. The summed E-state index contributed by atoms with van der Waals surface area (Å²) in [6.45, 7) is 17.3. The molecule has 1 rings (SSSR count). The third-order valence-corrected chi connectivity index (χ3v) is 4.67. The van der Waals surface area contributed by atoms with Crippen molar-refractivity contribution in [2.24, 2.45) is 17.8 Å². The zero-order valence-electron chi connectivity index (χ0n) is 19.7. The van der Waals surface area contributed by atoms with Crippen LogP contribution in [0, 0.1) is 17.8 Å². The molecule has 1 aromatic carbocycles. The molecule has 0 unspecified atom stereocenters. The Labute approximate surface area is 188 Å². The highest BCUT2D eigenvalue weighted by molar-refractivity contribution is 5.81. The molecule has 0 saturated carbocycles. The first-order valence-electron chi connectivity index (χ1n) is 10.8. The summed E-state index contributed by atoms with van der Waals surface area (Å²) in [6.07, 6.45) is 0.477. The van der Waals surface area contributed by atoms with Crippen LogP contribution in [-0.4, -0.2) is 38.4 Å². The largest absolute Gasteiger partial charge is 0.490 e. The number of alkyl carbamates (subject to hydrolysis) is 1. The predicted octanol–water partition coefficient (Wildman–Crippen LogP) is 5.49. The Morgan fingerprint density at radius 1 is 0.935 bits per heavy atom. The van der Waals surface area contributed by atoms with Gasteiger partial charge in [0, 0.05) is 7.50 Å². The molecule has 0 heterocycles. The Hall–Kier alpha value is -2.76. The third kappa shape index (κ3) is 9.28. The fourth-order valence-corrected chi connectivity index (χ4v) is 3.56. The van der Waals surface area contributed by atoms with Gasteiger partial charge >= 0.3 is 12.1 Å². The number of nitrogens with one attached hydrogen (secondary N) is 1. The number of hydrogen-bond acceptors (Lipinski definition) is 5. The second-order valence-electron chi connectivity index (χ2n) is 8.14. The first kappa shape index (κ1) is 26.3. The van der Waals surface area contributed by atoms with Crippen LogP contribution in [0.25, 0.3) is 5.57 Å². The molecule has 1 amide bonds. The fourth-order valence-electron chi connectivity index (χ4n) is 3.56. The molecule has 0 atom stereocenters. The molecular weight excluding hydrogens is 394 g/mol. The average molecular weight is 434 g/mol. The van der Waals surface area contributed by atoms with E-state index in [9.17, 15) is 9.59 Å². The molecule has 0 radical (unpaired) electrons. The van der Waals surface area contributed by atoms with Gasteiger partial charge in [0.1, 0.15) is 25.6 Å². The SMILES string of the molecule is C=CC(=O)OCCNC(=O)OCCOc1ccc(C(=C(C(C)C)C(C)C)C(C)C)cc1.[HH]. The van der Waals surface area contributed by atoms with Gasteiger partial charge in [0.15, 0.2) is 0 Å². The van der Waals surface area contributed by atoms with E-state index in [-0.39, 0.29) is 27.8 Å². The number of ether oxygens (including phenoxy) is 3. The quantitative estimate of drug-likeness (QED) is 0.268. The van der Waals surface area contributed by atoms with E-state index in [4.69, 9.17) is 14.2 Å². The maximum Gasteiger partial charge on any atom is 0.407 e. The number of hydrogen-bond donors (Lipinski definition) is 1. The van der Waals surface area contributed by atoms with Gasteiger partial charge in [-0.1, -0.05) is 65.8 Å². The highest BCUT2D eigenvalue weighted by atomic mass is 16.6. The molecule has 0 aliphatic carbocycles. The summed E-state index contributed by atoms with van der Waals surface area (Å²) in [6, 6.07) is 8.08. The number of carbonyl (C=O) groups is 2. The van der Waals surface area contributed by atoms with E-state index in [2.05, 4.69) is 65.6 Å². The summed E-state index contributed by atoms with van der Waals surface area (Å²) >= 11 is 0. The summed E-state index contributed by atoms with van der Waals surface area (Å²) < 4.78 is 15.5. The summed E-state index contributed by atoms with van der Waals surface area (Å²) in [5.74, 6) is 1.60. The molecule has 0 spiro atoms. The van der Waals surface area contributed by atoms with E-state index < -0.39 is 12.1 Å². The van der Waals surface area contributed by atoms with Crippen molar-refractivity contribution in [3.05, 3.63) is 48.1 Å². The van der Waals surface area contributed by atoms with Gasteiger partial charge in [0.05, 0.1) is 6.54 Å². The van der Waals surface area contributed by atoms with Crippen LogP contribution in [-0.2, 0) is 14.3 Å². The lowest BCUT2D eigenvalue weighted by Gasteiger charge is -2.25. The lowest BCUT2D eigenvalue weighted by Crippen LogP contribution is -2.29. The van der Waals surface area contributed by atoms with E-state index >= 15 is 0 Å². The van der Waals surface area contributed by atoms with Gasteiger partial charge in [-0.05, 0) is 41.0 Å². The van der Waals surface area contributed by atoms with E-state index in [0.29, 0.717) is 17.8 Å². The summed E-state index contributed by atoms with van der Waals surface area (Å²) in [5.41, 5.74) is 4.10. The van der Waals surface area contributed by atoms with Gasteiger partial charge in [-0.25, -0.2) is 9.59 Å². The molecule has 1 N–H and O–H groups in total. The Balaban J connectivity index is 0.00000961. The van der Waals surface area contributed by atoms with Gasteiger partial charge in [0.25, 0.3) is 0 Å². The van der Waals surface area contributed by atoms with Gasteiger partial charge in [0.2, 0.25) is 0 Å². The van der Waals surface area contributed by atoms with E-state index in [0.717, 1.165) is 11.8 Å². The zero-order chi connectivity index (χ0) is 23.4. The minimum absolute atomic E-state index is 0. The zero-order valence-corrected chi connectivity index (χ0v) is 19.7. The highest BCUT2D eigenvalue weighted by Gasteiger charge is 2.18. The minimum Gasteiger partial charge on any atom is -0.490 e. The second-order valence-corrected chi connectivity index (χ2v) is 8.14. The van der Waals surface area contributed by atoms with E-state index in [1.807, 2.05) is 12.1 Å². The lowest BCUT2D eigenvalue weighted by atomic mass is 9.81. The van der Waals surface area contributed by atoms with Gasteiger partial charge in [-0.3, -0.25) is 0 Å². The fraction of sp³-hybridized carbons (Fsp3) is 0.520. The number of benzene rings is 1. The van der Waals surface area contributed by atoms with E-state index in [1.165, 1.54) is 16.7 Å². The average Bonchev–Trinajstić information content (AvgIpc) is 2.72. The van der Waals surface area contributed by atoms with Crippen molar-refractivity contribution >= 4 is 17.6 Å². The summed E-state index contributed by atoms with van der Waals surface area (Å²) in [7, 11) is 0. The molecule has 0 aromatic heterocycles. The molecule has 0 fully saturated rings. The topological polar surface area (TPSA) is 73.9 Å². The number of esters is 1. The van der Waals surface area contributed by atoms with Crippen molar-refractivity contribution in [1.82, 2.24) is 5.32 Å². The summed E-state index contributed by atoms with van der Waals surface area (Å²) in [4.78, 5) is 22.5. The number of amides is 1. The van der Waals surface area contributed by atoms with Crippen LogP contribution in [0.1, 0.15) is 48.5 Å². The molecule has 6 nitrogen and oxygen atoms in total. The van der Waals surface area contributed by atoms with Crippen LogP contribution < -0.4 is 10.1 Å². The lowest BCUT2D eigenvalue weighted by molar-refractivity contribution is -0.137. The molecule has 174 valence electrons. The van der Waals surface area contributed by atoms with Crippen molar-refractivity contribution in [1.29, 1.82) is 0 Å². The van der Waals surface area contributed by atoms with Crippen molar-refractivity contribution in [2.75, 3.05) is 26.4 Å².